The van der Waals surface area contributed by atoms with Crippen LogP contribution in [-0.2, 0) is 4.57 Å². The molecule has 1 aromatic carbocycles. The topological polar surface area (TPSA) is 89.7 Å². The van der Waals surface area contributed by atoms with Gasteiger partial charge in [0.15, 0.2) is 0 Å². The van der Waals surface area contributed by atoms with Gasteiger partial charge in [-0.2, -0.15) is 12.6 Å². The van der Waals surface area contributed by atoms with Gasteiger partial charge in [-0.3, -0.25) is 10.1 Å². The molecule has 0 radical (unpaired) electrons. The smallest absolute Gasteiger partial charge is 0.376 e. The largest absolute Gasteiger partial charge is 0.424 e. The van der Waals surface area contributed by atoms with E-state index >= 15 is 0 Å². The summed E-state index contributed by atoms with van der Waals surface area (Å²) in [6.07, 6.45) is 5.99. The van der Waals surface area contributed by atoms with Crippen LogP contribution in [-0.4, -0.2) is 21.7 Å². The minimum absolute atomic E-state index is 0.0821. The van der Waals surface area contributed by atoms with Crippen molar-refractivity contribution in [1.29, 1.82) is 0 Å². The molecule has 0 saturated carbocycles. The molecule has 0 amide bonds. The van der Waals surface area contributed by atoms with Crippen LogP contribution in [0.25, 0.3) is 0 Å². The van der Waals surface area contributed by atoms with E-state index in [1.54, 1.807) is 0 Å². The minimum Gasteiger partial charge on any atom is -0.424 e. The molecule has 0 saturated heterocycles. The lowest BCUT2D eigenvalue weighted by atomic mass is 10.1. The predicted molar refractivity (Wildman–Crippen MR) is 90.0 cm³/mol. The lowest BCUT2D eigenvalue weighted by Gasteiger charge is -2.13. The van der Waals surface area contributed by atoms with Crippen LogP contribution in [0.3, 0.4) is 0 Å². The molecule has 124 valence electrons. The van der Waals surface area contributed by atoms with E-state index in [1.807, 2.05) is 0 Å². The van der Waals surface area contributed by atoms with Crippen LogP contribution in [0.5, 0.6) is 5.75 Å². The van der Waals surface area contributed by atoms with Crippen molar-refractivity contribution in [2.24, 2.45) is 0 Å². The Morgan fingerprint density at radius 2 is 1.64 bits per heavy atom. The van der Waals surface area contributed by atoms with E-state index in [9.17, 15) is 19.6 Å². The molecule has 0 bridgehead atoms. The number of rotatable bonds is 11. The van der Waals surface area contributed by atoms with Crippen molar-refractivity contribution in [2.75, 3.05) is 11.9 Å². The summed E-state index contributed by atoms with van der Waals surface area (Å²) in [5.74, 6) is 1.07. The van der Waals surface area contributed by atoms with Crippen LogP contribution in [0.4, 0.5) is 5.69 Å². The number of thiol groups is 1. The standard InChI is InChI=1S/C14H22NO5PS/c16-15(17)13-7-9-14(10-8-13)20-21(18,19)11-5-3-1-2-4-6-12-22/h7-10,22H,1-6,11-12H2,(H,18,19). The highest BCUT2D eigenvalue weighted by atomic mass is 32.1. The first-order valence-corrected chi connectivity index (χ1v) is 9.71. The lowest BCUT2D eigenvalue weighted by molar-refractivity contribution is -0.384. The van der Waals surface area contributed by atoms with E-state index in [0.717, 1.165) is 37.9 Å². The quantitative estimate of drug-likeness (QED) is 0.203. The zero-order valence-electron chi connectivity index (χ0n) is 12.4. The molecule has 0 heterocycles. The summed E-state index contributed by atoms with van der Waals surface area (Å²) >= 11 is 4.14. The molecule has 0 aliphatic heterocycles. The number of hydrogen-bond acceptors (Lipinski definition) is 5. The highest BCUT2D eigenvalue weighted by Crippen LogP contribution is 2.43. The first kappa shape index (κ1) is 19.0. The summed E-state index contributed by atoms with van der Waals surface area (Å²) in [6.45, 7) is 0. The Labute approximate surface area is 136 Å². The Morgan fingerprint density at radius 3 is 2.18 bits per heavy atom. The van der Waals surface area contributed by atoms with Gasteiger partial charge < -0.3 is 9.42 Å². The summed E-state index contributed by atoms with van der Waals surface area (Å²) in [6, 6.07) is 5.16. The van der Waals surface area contributed by atoms with Gasteiger partial charge in [0.1, 0.15) is 5.75 Å². The normalized spacial score (nSPS) is 13.5. The Balaban J connectivity index is 2.31. The molecule has 0 spiro atoms. The van der Waals surface area contributed by atoms with Crippen molar-refractivity contribution in [3.8, 4) is 5.75 Å². The molecular formula is C14H22NO5PS. The highest BCUT2D eigenvalue weighted by molar-refractivity contribution is 7.80. The zero-order chi connectivity index (χ0) is 16.4. The van der Waals surface area contributed by atoms with Gasteiger partial charge in [-0.25, -0.2) is 4.57 Å². The van der Waals surface area contributed by atoms with Crippen LogP contribution in [0.1, 0.15) is 38.5 Å². The van der Waals surface area contributed by atoms with E-state index < -0.39 is 12.5 Å². The monoisotopic (exact) mass is 347 g/mol. The van der Waals surface area contributed by atoms with Gasteiger partial charge in [0.2, 0.25) is 0 Å². The van der Waals surface area contributed by atoms with Crippen LogP contribution < -0.4 is 4.52 Å². The number of benzene rings is 1. The average Bonchev–Trinajstić information content (AvgIpc) is 2.46. The van der Waals surface area contributed by atoms with Crippen molar-refractivity contribution in [2.45, 2.75) is 38.5 Å². The Kier molecular flexibility index (Phi) is 8.53. The minimum atomic E-state index is -3.70. The second-order valence-electron chi connectivity index (χ2n) is 5.05. The SMILES string of the molecule is O=[N+]([O-])c1ccc(OP(=O)(O)CCCCCCCCS)cc1. The Hall–Kier alpha value is -1.04. The van der Waals surface area contributed by atoms with Gasteiger partial charge in [0, 0.05) is 12.1 Å². The fourth-order valence-electron chi connectivity index (χ4n) is 1.97. The van der Waals surface area contributed by atoms with Gasteiger partial charge in [0.25, 0.3) is 5.69 Å². The van der Waals surface area contributed by atoms with E-state index in [-0.39, 0.29) is 17.6 Å². The van der Waals surface area contributed by atoms with Crippen molar-refractivity contribution in [3.63, 3.8) is 0 Å². The molecule has 0 aliphatic rings. The van der Waals surface area contributed by atoms with Gasteiger partial charge in [-0.1, -0.05) is 25.7 Å². The first-order valence-electron chi connectivity index (χ1n) is 7.31. The number of unbranched alkanes of at least 4 members (excludes halogenated alkanes) is 5. The molecule has 6 nitrogen and oxygen atoms in total. The molecule has 22 heavy (non-hydrogen) atoms. The van der Waals surface area contributed by atoms with Crippen LogP contribution in [0.2, 0.25) is 0 Å². The molecular weight excluding hydrogens is 325 g/mol. The zero-order valence-corrected chi connectivity index (χ0v) is 14.2. The van der Waals surface area contributed by atoms with Crippen molar-refractivity contribution in [1.82, 2.24) is 0 Å². The number of nitrogens with zero attached hydrogens (tertiary/aromatic N) is 1. The first-order chi connectivity index (χ1) is 10.4. The second kappa shape index (κ2) is 9.87. The molecule has 1 N–H and O–H groups in total. The van der Waals surface area contributed by atoms with E-state index in [0.29, 0.717) is 6.42 Å². The van der Waals surface area contributed by atoms with Crippen LogP contribution >= 0.6 is 20.2 Å². The summed E-state index contributed by atoms with van der Waals surface area (Å²) < 4.78 is 17.0. The number of nitro groups is 1. The van der Waals surface area contributed by atoms with E-state index in [2.05, 4.69) is 12.6 Å². The van der Waals surface area contributed by atoms with Crippen molar-refractivity contribution >= 4 is 25.9 Å². The highest BCUT2D eigenvalue weighted by Gasteiger charge is 2.20. The third kappa shape index (κ3) is 7.82. The van der Waals surface area contributed by atoms with Gasteiger partial charge >= 0.3 is 7.60 Å². The molecule has 1 rings (SSSR count). The number of hydrogen-bond donors (Lipinski definition) is 2. The average molecular weight is 347 g/mol. The molecule has 0 aliphatic carbocycles. The Morgan fingerprint density at radius 1 is 1.09 bits per heavy atom. The lowest BCUT2D eigenvalue weighted by Crippen LogP contribution is -1.98. The summed E-state index contributed by atoms with van der Waals surface area (Å²) in [7, 11) is -3.70. The maximum absolute atomic E-state index is 11.9. The molecule has 1 aromatic rings. The molecule has 1 unspecified atom stereocenters. The summed E-state index contributed by atoms with van der Waals surface area (Å²) in [4.78, 5) is 19.8. The van der Waals surface area contributed by atoms with E-state index in [4.69, 9.17) is 4.52 Å². The van der Waals surface area contributed by atoms with Crippen LogP contribution in [0.15, 0.2) is 24.3 Å². The van der Waals surface area contributed by atoms with Crippen molar-refractivity contribution in [3.05, 3.63) is 34.4 Å². The second-order valence-corrected chi connectivity index (χ2v) is 7.40. The molecule has 0 fully saturated rings. The predicted octanol–water partition coefficient (Wildman–Crippen LogP) is 4.43. The van der Waals surface area contributed by atoms with Gasteiger partial charge in [-0.05, 0) is 30.7 Å². The van der Waals surface area contributed by atoms with Gasteiger partial charge in [-0.15, -0.1) is 0 Å². The number of nitro benzene ring substituents is 1. The molecule has 8 heteroatoms. The molecule has 0 aromatic heterocycles. The maximum Gasteiger partial charge on any atom is 0.376 e. The Bertz CT molecular complexity index is 508. The maximum atomic E-state index is 11.9. The van der Waals surface area contributed by atoms with E-state index in [1.165, 1.54) is 24.3 Å². The fraction of sp³-hybridized carbons (Fsp3) is 0.571. The summed E-state index contributed by atoms with van der Waals surface area (Å²) in [5, 5.41) is 10.5. The molecule has 1 atom stereocenters. The number of non-ortho nitro benzene ring substituents is 1. The van der Waals surface area contributed by atoms with Crippen LogP contribution in [0, 0.1) is 10.1 Å². The van der Waals surface area contributed by atoms with Crippen molar-refractivity contribution < 1.29 is 18.9 Å². The summed E-state index contributed by atoms with van der Waals surface area (Å²) in [5.41, 5.74) is -0.0821. The third-order valence-electron chi connectivity index (χ3n) is 3.14. The third-order valence-corrected chi connectivity index (χ3v) is 4.84. The van der Waals surface area contributed by atoms with Gasteiger partial charge in [0.05, 0.1) is 11.1 Å². The fourth-order valence-corrected chi connectivity index (χ4v) is 3.36.